The van der Waals surface area contributed by atoms with Gasteiger partial charge in [0.05, 0.1) is 5.56 Å². The topological polar surface area (TPSA) is 38.8 Å². The molecule has 2 atom stereocenters. The van der Waals surface area contributed by atoms with E-state index in [-0.39, 0.29) is 18.4 Å². The molecule has 0 spiro atoms. The van der Waals surface area contributed by atoms with Crippen LogP contribution in [-0.2, 0) is 9.47 Å². The molecule has 3 nitrogen and oxygen atoms in total. The highest BCUT2D eigenvalue weighted by molar-refractivity contribution is 6.30. The van der Waals surface area contributed by atoms with E-state index in [0.29, 0.717) is 10.6 Å². The molecule has 0 radical (unpaired) electrons. The summed E-state index contributed by atoms with van der Waals surface area (Å²) in [6, 6.07) is 6.63. The third-order valence-corrected chi connectivity index (χ3v) is 2.93. The number of halogens is 1. The Bertz CT molecular complexity index is 388. The standard InChI is InChI=1S/C13H15ClO3/c1-2-3-4-11-13(16-11)17-12(15)9-5-7-10(14)8-6-9/h5-8,11,13H,2-4H2,1H3/t11-,13+/m1/s1. The highest BCUT2D eigenvalue weighted by Crippen LogP contribution is 2.29. The van der Waals surface area contributed by atoms with Gasteiger partial charge in [-0.1, -0.05) is 31.4 Å². The van der Waals surface area contributed by atoms with Crippen LogP contribution in [0, 0.1) is 0 Å². The molecule has 1 aliphatic rings. The van der Waals surface area contributed by atoms with Gasteiger partial charge in [-0.2, -0.15) is 0 Å². The first kappa shape index (κ1) is 12.4. The van der Waals surface area contributed by atoms with Crippen molar-refractivity contribution in [1.29, 1.82) is 0 Å². The normalized spacial score (nSPS) is 22.2. The van der Waals surface area contributed by atoms with Gasteiger partial charge in [0.2, 0.25) is 6.29 Å². The summed E-state index contributed by atoms with van der Waals surface area (Å²) in [7, 11) is 0. The SMILES string of the molecule is CCCC[C@H]1O[C@H]1OC(=O)c1ccc(Cl)cc1. The van der Waals surface area contributed by atoms with Gasteiger partial charge in [0, 0.05) is 5.02 Å². The fraction of sp³-hybridized carbons (Fsp3) is 0.462. The van der Waals surface area contributed by atoms with E-state index < -0.39 is 0 Å². The minimum absolute atomic E-state index is 0.0891. The van der Waals surface area contributed by atoms with Crippen LogP contribution in [0.25, 0.3) is 0 Å². The monoisotopic (exact) mass is 254 g/mol. The Kier molecular flexibility index (Phi) is 4.02. The molecule has 1 aromatic carbocycles. The first-order valence-electron chi connectivity index (χ1n) is 5.82. The molecule has 0 aromatic heterocycles. The first-order valence-corrected chi connectivity index (χ1v) is 6.20. The molecule has 17 heavy (non-hydrogen) atoms. The zero-order valence-electron chi connectivity index (χ0n) is 9.69. The van der Waals surface area contributed by atoms with Crippen LogP contribution in [0.4, 0.5) is 0 Å². The second kappa shape index (κ2) is 5.52. The average molecular weight is 255 g/mol. The van der Waals surface area contributed by atoms with Crippen molar-refractivity contribution in [3.8, 4) is 0 Å². The third-order valence-electron chi connectivity index (χ3n) is 2.68. The van der Waals surface area contributed by atoms with Crippen molar-refractivity contribution in [2.45, 2.75) is 38.6 Å². The van der Waals surface area contributed by atoms with Crippen molar-refractivity contribution in [2.24, 2.45) is 0 Å². The van der Waals surface area contributed by atoms with Gasteiger partial charge < -0.3 is 9.47 Å². The maximum atomic E-state index is 11.7. The van der Waals surface area contributed by atoms with E-state index in [9.17, 15) is 4.79 Å². The molecule has 0 aliphatic carbocycles. The maximum absolute atomic E-state index is 11.7. The van der Waals surface area contributed by atoms with Crippen LogP contribution >= 0.6 is 11.6 Å². The second-order valence-corrected chi connectivity index (χ2v) is 4.53. The Labute approximate surface area is 106 Å². The molecule has 0 N–H and O–H groups in total. The van der Waals surface area contributed by atoms with Crippen molar-refractivity contribution < 1.29 is 14.3 Å². The fourth-order valence-electron chi connectivity index (χ4n) is 1.60. The third kappa shape index (κ3) is 3.45. The largest absolute Gasteiger partial charge is 0.429 e. The number of esters is 1. The van der Waals surface area contributed by atoms with Crippen LogP contribution in [0.3, 0.4) is 0 Å². The lowest BCUT2D eigenvalue weighted by Gasteiger charge is -2.01. The van der Waals surface area contributed by atoms with E-state index in [1.165, 1.54) is 0 Å². The summed E-state index contributed by atoms with van der Waals surface area (Å²) in [4.78, 5) is 11.7. The summed E-state index contributed by atoms with van der Waals surface area (Å²) >= 11 is 5.74. The zero-order chi connectivity index (χ0) is 12.3. The Morgan fingerprint density at radius 1 is 1.41 bits per heavy atom. The van der Waals surface area contributed by atoms with Crippen LogP contribution < -0.4 is 0 Å². The number of ether oxygens (including phenoxy) is 2. The lowest BCUT2D eigenvalue weighted by atomic mass is 10.2. The predicted octanol–water partition coefficient (Wildman–Crippen LogP) is 3.41. The van der Waals surface area contributed by atoms with Gasteiger partial charge in [-0.15, -0.1) is 0 Å². The van der Waals surface area contributed by atoms with E-state index in [1.54, 1.807) is 24.3 Å². The number of benzene rings is 1. The number of epoxide rings is 1. The quantitative estimate of drug-likeness (QED) is 0.597. The van der Waals surface area contributed by atoms with Crippen molar-refractivity contribution >= 4 is 17.6 Å². The van der Waals surface area contributed by atoms with Crippen LogP contribution in [0.15, 0.2) is 24.3 Å². The molecular formula is C13H15ClO3. The molecule has 0 saturated carbocycles. The van der Waals surface area contributed by atoms with Crippen LogP contribution in [-0.4, -0.2) is 18.4 Å². The number of carbonyl (C=O) groups excluding carboxylic acids is 1. The van der Waals surface area contributed by atoms with E-state index in [2.05, 4.69) is 6.92 Å². The van der Waals surface area contributed by atoms with Gasteiger partial charge in [-0.3, -0.25) is 0 Å². The van der Waals surface area contributed by atoms with E-state index in [1.807, 2.05) is 0 Å². The molecule has 1 saturated heterocycles. The molecular weight excluding hydrogens is 240 g/mol. The fourth-order valence-corrected chi connectivity index (χ4v) is 1.73. The number of hydrogen-bond donors (Lipinski definition) is 0. The van der Waals surface area contributed by atoms with E-state index >= 15 is 0 Å². The Morgan fingerprint density at radius 2 is 2.12 bits per heavy atom. The minimum Gasteiger partial charge on any atom is -0.429 e. The van der Waals surface area contributed by atoms with Crippen LogP contribution in [0.5, 0.6) is 0 Å². The Morgan fingerprint density at radius 3 is 2.76 bits per heavy atom. The molecule has 0 unspecified atom stereocenters. The molecule has 1 aromatic rings. The van der Waals surface area contributed by atoms with Crippen LogP contribution in [0.2, 0.25) is 5.02 Å². The second-order valence-electron chi connectivity index (χ2n) is 4.10. The molecule has 1 aliphatic heterocycles. The van der Waals surface area contributed by atoms with Crippen molar-refractivity contribution in [2.75, 3.05) is 0 Å². The Balaban J connectivity index is 1.81. The molecule has 1 fully saturated rings. The van der Waals surface area contributed by atoms with Gasteiger partial charge in [0.1, 0.15) is 6.10 Å². The predicted molar refractivity (Wildman–Crippen MR) is 65.1 cm³/mol. The zero-order valence-corrected chi connectivity index (χ0v) is 10.4. The molecule has 4 heteroatoms. The number of unbranched alkanes of at least 4 members (excludes halogenated alkanes) is 1. The van der Waals surface area contributed by atoms with Crippen molar-refractivity contribution in [1.82, 2.24) is 0 Å². The molecule has 0 amide bonds. The smallest absolute Gasteiger partial charge is 0.340 e. The lowest BCUT2D eigenvalue weighted by molar-refractivity contribution is 0.0297. The summed E-state index contributed by atoms with van der Waals surface area (Å²) in [5.74, 6) is -0.356. The summed E-state index contributed by atoms with van der Waals surface area (Å²) in [6.45, 7) is 2.12. The first-order chi connectivity index (χ1) is 8.20. The number of hydrogen-bond acceptors (Lipinski definition) is 3. The highest BCUT2D eigenvalue weighted by atomic mass is 35.5. The van der Waals surface area contributed by atoms with Crippen molar-refractivity contribution in [3.05, 3.63) is 34.9 Å². The summed E-state index contributed by atoms with van der Waals surface area (Å²) in [6.07, 6.45) is 2.91. The molecule has 2 rings (SSSR count). The number of carbonyl (C=O) groups is 1. The van der Waals surface area contributed by atoms with Crippen molar-refractivity contribution in [3.63, 3.8) is 0 Å². The maximum Gasteiger partial charge on any atom is 0.340 e. The van der Waals surface area contributed by atoms with E-state index in [0.717, 1.165) is 19.3 Å². The summed E-state index contributed by atoms with van der Waals surface area (Å²) < 4.78 is 10.5. The van der Waals surface area contributed by atoms with Gasteiger partial charge in [0.25, 0.3) is 0 Å². The van der Waals surface area contributed by atoms with Gasteiger partial charge in [-0.25, -0.2) is 4.79 Å². The highest BCUT2D eigenvalue weighted by Gasteiger charge is 2.41. The number of rotatable bonds is 5. The van der Waals surface area contributed by atoms with Gasteiger partial charge >= 0.3 is 5.97 Å². The summed E-state index contributed by atoms with van der Waals surface area (Å²) in [5, 5.41) is 0.602. The lowest BCUT2D eigenvalue weighted by Crippen LogP contribution is -2.09. The van der Waals surface area contributed by atoms with Crippen LogP contribution in [0.1, 0.15) is 36.5 Å². The van der Waals surface area contributed by atoms with E-state index in [4.69, 9.17) is 21.1 Å². The molecule has 0 bridgehead atoms. The molecule has 92 valence electrons. The average Bonchev–Trinajstić information content (AvgIpc) is 3.05. The Hall–Kier alpha value is -1.06. The van der Waals surface area contributed by atoms with Gasteiger partial charge in [-0.05, 0) is 30.7 Å². The molecule has 1 heterocycles. The minimum atomic E-state index is -0.357. The summed E-state index contributed by atoms with van der Waals surface area (Å²) in [5.41, 5.74) is 0.499. The van der Waals surface area contributed by atoms with Gasteiger partial charge in [0.15, 0.2) is 0 Å².